The number of aryl methyl sites for hydroxylation is 2. The fourth-order valence-electron chi connectivity index (χ4n) is 4.10. The molecular formula is C17H17NO2. The molecule has 2 bridgehead atoms. The van der Waals surface area contributed by atoms with Crippen LogP contribution in [0.15, 0.2) is 30.4 Å². The maximum Gasteiger partial charge on any atom is 0.238 e. The molecule has 1 aromatic rings. The lowest BCUT2D eigenvalue weighted by atomic mass is 9.85. The number of imide groups is 1. The van der Waals surface area contributed by atoms with Crippen LogP contribution in [0.1, 0.15) is 17.5 Å². The van der Waals surface area contributed by atoms with E-state index >= 15 is 0 Å². The summed E-state index contributed by atoms with van der Waals surface area (Å²) in [6, 6.07) is 5.93. The molecule has 4 rings (SSSR count). The van der Waals surface area contributed by atoms with Crippen molar-refractivity contribution in [2.24, 2.45) is 23.7 Å². The molecule has 3 heteroatoms. The minimum absolute atomic E-state index is 0.00514. The monoisotopic (exact) mass is 267 g/mol. The van der Waals surface area contributed by atoms with Gasteiger partial charge in [0.25, 0.3) is 0 Å². The highest BCUT2D eigenvalue weighted by Gasteiger charge is 2.59. The first-order chi connectivity index (χ1) is 9.58. The number of benzene rings is 1. The average molecular weight is 267 g/mol. The Labute approximate surface area is 118 Å². The summed E-state index contributed by atoms with van der Waals surface area (Å²) < 4.78 is 0. The van der Waals surface area contributed by atoms with E-state index in [4.69, 9.17) is 0 Å². The topological polar surface area (TPSA) is 37.4 Å². The zero-order chi connectivity index (χ0) is 14.0. The highest BCUT2D eigenvalue weighted by atomic mass is 16.2. The molecule has 1 aliphatic heterocycles. The predicted molar refractivity (Wildman–Crippen MR) is 76.1 cm³/mol. The van der Waals surface area contributed by atoms with Crippen molar-refractivity contribution in [3.63, 3.8) is 0 Å². The SMILES string of the molecule is Cc1ccc(C)c(N2C(=O)[C@@H]3[C@@H](C2=O)[C@H]2C=C[C@@H]3C2)c1. The second-order valence-corrected chi connectivity index (χ2v) is 6.30. The summed E-state index contributed by atoms with van der Waals surface area (Å²) in [4.78, 5) is 26.9. The molecular weight excluding hydrogens is 250 g/mol. The van der Waals surface area contributed by atoms with Crippen LogP contribution in [0.3, 0.4) is 0 Å². The van der Waals surface area contributed by atoms with Gasteiger partial charge in [0.2, 0.25) is 11.8 Å². The summed E-state index contributed by atoms with van der Waals surface area (Å²) in [7, 11) is 0. The van der Waals surface area contributed by atoms with Crippen molar-refractivity contribution in [2.75, 3.05) is 4.90 Å². The minimum Gasteiger partial charge on any atom is -0.274 e. The largest absolute Gasteiger partial charge is 0.274 e. The highest BCUT2D eigenvalue weighted by molar-refractivity contribution is 6.23. The summed E-state index contributed by atoms with van der Waals surface area (Å²) >= 11 is 0. The second-order valence-electron chi connectivity index (χ2n) is 6.30. The number of fused-ring (bicyclic) bond motifs is 5. The lowest BCUT2D eigenvalue weighted by Gasteiger charge is -2.19. The molecule has 20 heavy (non-hydrogen) atoms. The van der Waals surface area contributed by atoms with E-state index in [0.29, 0.717) is 0 Å². The third-order valence-corrected chi connectivity index (χ3v) is 5.08. The van der Waals surface area contributed by atoms with Crippen LogP contribution >= 0.6 is 0 Å². The van der Waals surface area contributed by atoms with Crippen molar-refractivity contribution in [3.8, 4) is 0 Å². The van der Waals surface area contributed by atoms with Crippen molar-refractivity contribution < 1.29 is 9.59 Å². The molecule has 0 unspecified atom stereocenters. The predicted octanol–water partition coefficient (Wildman–Crippen LogP) is 2.61. The molecule has 3 aliphatic rings. The molecule has 102 valence electrons. The van der Waals surface area contributed by atoms with Gasteiger partial charge < -0.3 is 0 Å². The highest BCUT2D eigenvalue weighted by Crippen LogP contribution is 2.53. The smallest absolute Gasteiger partial charge is 0.238 e. The van der Waals surface area contributed by atoms with Crippen molar-refractivity contribution in [1.82, 2.24) is 0 Å². The summed E-state index contributed by atoms with van der Waals surface area (Å²) in [6.07, 6.45) is 5.24. The van der Waals surface area contributed by atoms with Gasteiger partial charge in [-0.2, -0.15) is 0 Å². The van der Waals surface area contributed by atoms with Gasteiger partial charge in [-0.1, -0.05) is 24.3 Å². The third-order valence-electron chi connectivity index (χ3n) is 5.08. The van der Waals surface area contributed by atoms with Gasteiger partial charge in [-0.15, -0.1) is 0 Å². The van der Waals surface area contributed by atoms with Gasteiger partial charge in [0.1, 0.15) is 0 Å². The number of carbonyl (C=O) groups is 2. The number of carbonyl (C=O) groups excluding carboxylic acids is 2. The zero-order valence-electron chi connectivity index (χ0n) is 11.7. The molecule has 2 amide bonds. The van der Waals surface area contributed by atoms with Gasteiger partial charge in [-0.05, 0) is 49.3 Å². The van der Waals surface area contributed by atoms with Gasteiger partial charge in [-0.25, -0.2) is 4.90 Å². The molecule has 2 aliphatic carbocycles. The first-order valence-electron chi connectivity index (χ1n) is 7.21. The minimum atomic E-state index is -0.114. The molecule has 0 N–H and O–H groups in total. The Morgan fingerprint density at radius 3 is 2.20 bits per heavy atom. The fraction of sp³-hybridized carbons (Fsp3) is 0.412. The molecule has 2 fully saturated rings. The molecule has 1 saturated carbocycles. The molecule has 1 aromatic carbocycles. The Balaban J connectivity index is 1.80. The molecule has 0 aromatic heterocycles. The molecule has 0 radical (unpaired) electrons. The van der Waals surface area contributed by atoms with E-state index in [9.17, 15) is 9.59 Å². The van der Waals surface area contributed by atoms with E-state index in [0.717, 1.165) is 23.2 Å². The standard InChI is InChI=1S/C17H17NO2/c1-9-3-4-10(2)13(7-9)18-16(19)14-11-5-6-12(8-11)15(14)17(18)20/h3-7,11-12,14-15H,8H2,1-2H3/t11-,12+,14-,15-/m0/s1. The lowest BCUT2D eigenvalue weighted by molar-refractivity contribution is -0.123. The average Bonchev–Trinajstić information content (AvgIpc) is 3.08. The van der Waals surface area contributed by atoms with Crippen molar-refractivity contribution in [2.45, 2.75) is 20.3 Å². The van der Waals surface area contributed by atoms with E-state index in [1.54, 1.807) is 0 Å². The third kappa shape index (κ3) is 1.35. The van der Waals surface area contributed by atoms with Crippen LogP contribution in [0.5, 0.6) is 0 Å². The van der Waals surface area contributed by atoms with E-state index in [1.807, 2.05) is 32.0 Å². The van der Waals surface area contributed by atoms with Crippen LogP contribution in [-0.4, -0.2) is 11.8 Å². The number of rotatable bonds is 1. The molecule has 3 nitrogen and oxygen atoms in total. The Kier molecular flexibility index (Phi) is 2.27. The van der Waals surface area contributed by atoms with Gasteiger partial charge in [0, 0.05) is 0 Å². The first-order valence-corrected chi connectivity index (χ1v) is 7.21. The van der Waals surface area contributed by atoms with Crippen LogP contribution in [-0.2, 0) is 9.59 Å². The number of hydrogen-bond donors (Lipinski definition) is 0. The van der Waals surface area contributed by atoms with Crippen LogP contribution in [0.2, 0.25) is 0 Å². The Morgan fingerprint density at radius 2 is 1.60 bits per heavy atom. The Morgan fingerprint density at radius 1 is 1.00 bits per heavy atom. The van der Waals surface area contributed by atoms with Gasteiger partial charge in [-0.3, -0.25) is 9.59 Å². The van der Waals surface area contributed by atoms with Crippen LogP contribution in [0, 0.1) is 37.5 Å². The summed E-state index contributed by atoms with van der Waals surface area (Å²) in [5.41, 5.74) is 2.83. The van der Waals surface area contributed by atoms with E-state index in [-0.39, 0.29) is 35.5 Å². The van der Waals surface area contributed by atoms with Gasteiger partial charge >= 0.3 is 0 Å². The maximum atomic E-state index is 12.7. The van der Waals surface area contributed by atoms with E-state index in [1.165, 1.54) is 4.90 Å². The first kappa shape index (κ1) is 11.9. The fourth-order valence-corrected chi connectivity index (χ4v) is 4.10. The molecule has 0 spiro atoms. The summed E-state index contributed by atoms with van der Waals surface area (Å²) in [5.74, 6) is 0.332. The summed E-state index contributed by atoms with van der Waals surface area (Å²) in [5, 5.41) is 0. The van der Waals surface area contributed by atoms with Crippen LogP contribution in [0.4, 0.5) is 5.69 Å². The molecule has 4 atom stereocenters. The van der Waals surface area contributed by atoms with Crippen molar-refractivity contribution in [3.05, 3.63) is 41.5 Å². The van der Waals surface area contributed by atoms with E-state index in [2.05, 4.69) is 12.2 Å². The number of hydrogen-bond acceptors (Lipinski definition) is 2. The second kappa shape index (κ2) is 3.81. The Bertz CT molecular complexity index is 631. The molecule has 1 heterocycles. The van der Waals surface area contributed by atoms with Crippen LogP contribution < -0.4 is 4.90 Å². The normalized spacial score (nSPS) is 34.2. The quantitative estimate of drug-likeness (QED) is 0.579. The Hall–Kier alpha value is -1.90. The lowest BCUT2D eigenvalue weighted by Crippen LogP contribution is -2.33. The molecule has 1 saturated heterocycles. The van der Waals surface area contributed by atoms with Crippen molar-refractivity contribution >= 4 is 17.5 Å². The van der Waals surface area contributed by atoms with Crippen molar-refractivity contribution in [1.29, 1.82) is 0 Å². The number of nitrogens with zero attached hydrogens (tertiary/aromatic N) is 1. The van der Waals surface area contributed by atoms with Crippen LogP contribution in [0.25, 0.3) is 0 Å². The van der Waals surface area contributed by atoms with Gasteiger partial charge in [0.05, 0.1) is 17.5 Å². The van der Waals surface area contributed by atoms with Gasteiger partial charge in [0.15, 0.2) is 0 Å². The maximum absolute atomic E-state index is 12.7. The summed E-state index contributed by atoms with van der Waals surface area (Å²) in [6.45, 7) is 3.94. The van der Waals surface area contributed by atoms with E-state index < -0.39 is 0 Å². The number of allylic oxidation sites excluding steroid dienone is 2. The number of anilines is 1. The number of amides is 2. The zero-order valence-corrected chi connectivity index (χ0v) is 11.7.